The van der Waals surface area contributed by atoms with Crippen LogP contribution in [0.3, 0.4) is 0 Å². The summed E-state index contributed by atoms with van der Waals surface area (Å²) in [6, 6.07) is 11.7. The average molecular weight is 602 g/mol. The van der Waals surface area contributed by atoms with Crippen LogP contribution in [0.15, 0.2) is 79.6 Å². The lowest BCUT2D eigenvalue weighted by molar-refractivity contribution is -0.142. The number of nitrogens with two attached hydrogens (primary N) is 2. The minimum Gasteiger partial charge on any atom is -0.480 e. The molecule has 0 bridgehead atoms. The van der Waals surface area contributed by atoms with Crippen molar-refractivity contribution in [3.05, 3.63) is 102 Å². The predicted octanol–water partition coefficient (Wildman–Crippen LogP) is 0.571. The van der Waals surface area contributed by atoms with Crippen LogP contribution in [-0.4, -0.2) is 66.9 Å². The third-order valence-electron chi connectivity index (χ3n) is 6.87. The molecule has 10 N–H and O–H groups in total. The van der Waals surface area contributed by atoms with Crippen molar-refractivity contribution in [3.8, 4) is 0 Å². The minimum atomic E-state index is -1.19. The van der Waals surface area contributed by atoms with Crippen molar-refractivity contribution in [2.24, 2.45) is 11.5 Å². The first-order valence-electron chi connectivity index (χ1n) is 13.9. The molecule has 0 fully saturated rings. The summed E-state index contributed by atoms with van der Waals surface area (Å²) in [6.45, 7) is 0. The number of nitrogens with one attached hydrogen (secondary N) is 5. The normalized spacial score (nSPS) is 13.7. The number of H-pyrrole nitrogens is 2. The van der Waals surface area contributed by atoms with Gasteiger partial charge in [0.1, 0.15) is 6.04 Å². The van der Waals surface area contributed by atoms with Gasteiger partial charge in [-0.25, -0.2) is 14.8 Å². The van der Waals surface area contributed by atoms with Gasteiger partial charge in [-0.2, -0.15) is 0 Å². The third-order valence-corrected chi connectivity index (χ3v) is 6.87. The lowest BCUT2D eigenvalue weighted by atomic mass is 10.0. The lowest BCUT2D eigenvalue weighted by Gasteiger charge is -2.23. The number of imidazole rings is 2. The second-order valence-electron chi connectivity index (χ2n) is 10.3. The second kappa shape index (κ2) is 15.2. The Labute approximate surface area is 253 Å². The van der Waals surface area contributed by atoms with E-state index in [9.17, 15) is 24.3 Å². The van der Waals surface area contributed by atoms with Gasteiger partial charge >= 0.3 is 5.97 Å². The van der Waals surface area contributed by atoms with Gasteiger partial charge in [0.15, 0.2) is 0 Å². The highest BCUT2D eigenvalue weighted by molar-refractivity contribution is 5.94. The van der Waals surface area contributed by atoms with Crippen LogP contribution in [0.5, 0.6) is 0 Å². The van der Waals surface area contributed by atoms with E-state index in [0.717, 1.165) is 11.3 Å². The number of carbonyl (C=O) groups is 4. The van der Waals surface area contributed by atoms with Gasteiger partial charge in [-0.3, -0.25) is 14.4 Å². The van der Waals surface area contributed by atoms with Crippen molar-refractivity contribution in [3.63, 3.8) is 0 Å². The molecule has 0 radical (unpaired) electrons. The van der Waals surface area contributed by atoms with E-state index in [1.807, 2.05) is 6.07 Å². The van der Waals surface area contributed by atoms with Crippen LogP contribution < -0.4 is 27.4 Å². The molecular weight excluding hydrogens is 566 g/mol. The van der Waals surface area contributed by atoms with E-state index in [4.69, 9.17) is 11.5 Å². The molecule has 230 valence electrons. The number of amides is 3. The smallest absolute Gasteiger partial charge is 0.326 e. The number of aliphatic carboxylic acids is 1. The van der Waals surface area contributed by atoms with Crippen molar-refractivity contribution < 1.29 is 24.3 Å². The molecule has 0 saturated heterocycles. The number of anilines is 1. The molecule has 2 aromatic heterocycles. The van der Waals surface area contributed by atoms with Crippen molar-refractivity contribution in [2.75, 3.05) is 5.32 Å². The Morgan fingerprint density at radius 1 is 0.773 bits per heavy atom. The van der Waals surface area contributed by atoms with Gasteiger partial charge in [0.05, 0.1) is 37.2 Å². The number of nitrogens with zero attached hydrogens (tertiary/aromatic N) is 2. The molecule has 14 nitrogen and oxygen atoms in total. The maximum atomic E-state index is 13.1. The third kappa shape index (κ3) is 9.34. The Morgan fingerprint density at radius 2 is 1.36 bits per heavy atom. The number of carboxylic acid groups (broad SMARTS) is 1. The number of hydrogen-bond donors (Lipinski definition) is 8. The summed E-state index contributed by atoms with van der Waals surface area (Å²) in [6.07, 6.45) is 6.42. The highest BCUT2D eigenvalue weighted by Crippen LogP contribution is 2.21. The van der Waals surface area contributed by atoms with E-state index in [0.29, 0.717) is 16.9 Å². The molecule has 0 aliphatic carbocycles. The summed E-state index contributed by atoms with van der Waals surface area (Å²) < 4.78 is 0. The first-order valence-corrected chi connectivity index (χ1v) is 13.9. The monoisotopic (exact) mass is 601 g/mol. The Hall–Kier alpha value is -5.34. The number of hydrogen-bond acceptors (Lipinski definition) is 8. The van der Waals surface area contributed by atoms with Crippen molar-refractivity contribution in [1.29, 1.82) is 0 Å². The molecule has 0 aliphatic heterocycles. The molecule has 4 aromatic rings. The first kappa shape index (κ1) is 31.6. The molecule has 2 heterocycles. The van der Waals surface area contributed by atoms with Crippen LogP contribution in [-0.2, 0) is 38.4 Å². The van der Waals surface area contributed by atoms with Gasteiger partial charge < -0.3 is 42.5 Å². The van der Waals surface area contributed by atoms with Crippen molar-refractivity contribution in [2.45, 2.75) is 49.9 Å². The summed E-state index contributed by atoms with van der Waals surface area (Å²) in [5.74, 6) is -2.68. The molecule has 3 amide bonds. The van der Waals surface area contributed by atoms with E-state index < -0.39 is 47.9 Å². The SMILES string of the molecule is N[C@@H](Cc1cnc[nH]1)C(=O)Nc1ccc(C(CC(=O)N[C@@H](Cc2ccccc2)C(=O)O)NC(=O)[C@@H](N)Cc2cnc[nH]2)cc1. The van der Waals surface area contributed by atoms with Gasteiger partial charge in [-0.1, -0.05) is 42.5 Å². The summed E-state index contributed by atoms with van der Waals surface area (Å²) in [4.78, 5) is 64.3. The van der Waals surface area contributed by atoms with Gasteiger partial charge in [0.25, 0.3) is 0 Å². The van der Waals surface area contributed by atoms with Gasteiger partial charge in [0.2, 0.25) is 17.7 Å². The van der Waals surface area contributed by atoms with Crippen LogP contribution >= 0.6 is 0 Å². The van der Waals surface area contributed by atoms with Crippen LogP contribution in [0.4, 0.5) is 5.69 Å². The van der Waals surface area contributed by atoms with Gasteiger partial charge in [-0.05, 0) is 23.3 Å². The number of carboxylic acids is 1. The molecular formula is C30H35N9O5. The van der Waals surface area contributed by atoms with E-state index >= 15 is 0 Å². The topological polar surface area (TPSA) is 234 Å². The molecule has 2 aromatic carbocycles. The molecule has 14 heteroatoms. The molecule has 4 atom stereocenters. The second-order valence-corrected chi connectivity index (χ2v) is 10.3. The van der Waals surface area contributed by atoms with Gasteiger partial charge in [0, 0.05) is 48.7 Å². The first-order chi connectivity index (χ1) is 21.2. The molecule has 4 rings (SSSR count). The highest BCUT2D eigenvalue weighted by Gasteiger charge is 2.26. The average Bonchev–Trinajstić information content (AvgIpc) is 3.72. The van der Waals surface area contributed by atoms with Crippen LogP contribution in [0.1, 0.15) is 35.0 Å². The summed E-state index contributed by atoms with van der Waals surface area (Å²) in [5, 5.41) is 17.8. The number of carbonyl (C=O) groups excluding carboxylic acids is 3. The fourth-order valence-corrected chi connectivity index (χ4v) is 4.51. The molecule has 0 aliphatic rings. The fourth-order valence-electron chi connectivity index (χ4n) is 4.51. The number of rotatable bonds is 15. The van der Waals surface area contributed by atoms with Crippen molar-refractivity contribution in [1.82, 2.24) is 30.6 Å². The van der Waals surface area contributed by atoms with E-state index in [1.54, 1.807) is 60.9 Å². The van der Waals surface area contributed by atoms with Crippen LogP contribution in [0, 0.1) is 0 Å². The fraction of sp³-hybridized carbons (Fsp3) is 0.267. The number of aromatic amines is 2. The summed E-state index contributed by atoms with van der Waals surface area (Å²) >= 11 is 0. The van der Waals surface area contributed by atoms with Crippen LogP contribution in [0.2, 0.25) is 0 Å². The van der Waals surface area contributed by atoms with Crippen LogP contribution in [0.25, 0.3) is 0 Å². The Kier molecular flexibility index (Phi) is 10.9. The zero-order valence-electron chi connectivity index (χ0n) is 23.8. The quantitative estimate of drug-likeness (QED) is 0.0950. The summed E-state index contributed by atoms with van der Waals surface area (Å²) in [7, 11) is 0. The largest absolute Gasteiger partial charge is 0.480 e. The Balaban J connectivity index is 1.45. The molecule has 1 unspecified atom stereocenters. The minimum absolute atomic E-state index is 0.0882. The van der Waals surface area contributed by atoms with Crippen molar-refractivity contribution >= 4 is 29.4 Å². The van der Waals surface area contributed by atoms with Gasteiger partial charge in [-0.15, -0.1) is 0 Å². The number of aromatic nitrogens is 4. The Morgan fingerprint density at radius 3 is 1.91 bits per heavy atom. The molecule has 44 heavy (non-hydrogen) atoms. The Bertz CT molecular complexity index is 1510. The highest BCUT2D eigenvalue weighted by atomic mass is 16.4. The number of benzene rings is 2. The van der Waals surface area contributed by atoms with E-state index in [1.165, 1.54) is 12.7 Å². The standard InChI is InChI=1S/C30H35N9O5/c31-23(11-21-14-33-16-35-21)28(41)37-20-8-6-19(7-9-20)25(39-29(42)24(32)12-22-15-34-17-36-22)13-27(40)38-26(30(43)44)10-18-4-2-1-3-5-18/h1-9,14-17,23-26H,10-13,31-32H2,(H,33,35)(H,34,36)(H,37,41)(H,38,40)(H,39,42)(H,43,44)/t23-,24-,25?,26-/m0/s1. The van der Waals surface area contributed by atoms with E-state index in [2.05, 4.69) is 35.9 Å². The molecule has 0 spiro atoms. The molecule has 0 saturated carbocycles. The van der Waals surface area contributed by atoms with E-state index in [-0.39, 0.29) is 25.7 Å². The summed E-state index contributed by atoms with van der Waals surface area (Å²) in [5.41, 5.74) is 15.3. The predicted molar refractivity (Wildman–Crippen MR) is 161 cm³/mol. The lowest BCUT2D eigenvalue weighted by Crippen LogP contribution is -2.46. The zero-order chi connectivity index (χ0) is 31.5. The maximum absolute atomic E-state index is 13.1. The maximum Gasteiger partial charge on any atom is 0.326 e. The zero-order valence-corrected chi connectivity index (χ0v) is 23.8.